The summed E-state index contributed by atoms with van der Waals surface area (Å²) in [6.45, 7) is 0. The summed E-state index contributed by atoms with van der Waals surface area (Å²) in [4.78, 5) is 71.3. The Morgan fingerprint density at radius 2 is 0.766 bits per heavy atom. The maximum absolute atomic E-state index is 12.8. The first kappa shape index (κ1) is 40.7. The average Bonchev–Trinajstić information content (AvgIpc) is 4.16. The Bertz CT molecular complexity index is 3090. The number of fused-ring (bicyclic) bond motifs is 4. The fourth-order valence-corrected chi connectivity index (χ4v) is 7.77. The molecular weight excluding hydrogens is 809 g/mol. The minimum atomic E-state index is -0.503. The van der Waals surface area contributed by atoms with Gasteiger partial charge in [-0.1, -0.05) is 48.5 Å². The molecule has 0 aliphatic carbocycles. The molecule has 0 spiro atoms. The van der Waals surface area contributed by atoms with Gasteiger partial charge in [-0.15, -0.1) is 0 Å². The van der Waals surface area contributed by atoms with Gasteiger partial charge in [-0.3, -0.25) is 0 Å². The van der Waals surface area contributed by atoms with Crippen molar-refractivity contribution in [1.29, 1.82) is 0 Å². The van der Waals surface area contributed by atoms with E-state index in [9.17, 15) is 19.2 Å². The van der Waals surface area contributed by atoms with Crippen LogP contribution in [0.15, 0.2) is 188 Å². The van der Waals surface area contributed by atoms with Gasteiger partial charge in [-0.05, 0) is 119 Å². The molecule has 0 saturated carbocycles. The smallest absolute Gasteiger partial charge is 0.337 e. The van der Waals surface area contributed by atoms with Gasteiger partial charge in [0, 0.05) is 22.3 Å². The van der Waals surface area contributed by atoms with Gasteiger partial charge in [0.1, 0.15) is 0 Å². The Balaban J connectivity index is 1.40. The van der Waals surface area contributed by atoms with Crippen molar-refractivity contribution < 1.29 is 38.1 Å². The van der Waals surface area contributed by atoms with Crippen LogP contribution in [0.25, 0.3) is 22.3 Å². The molecule has 12 nitrogen and oxygen atoms in total. The Morgan fingerprint density at radius 1 is 0.375 bits per heavy atom. The molecule has 64 heavy (non-hydrogen) atoms. The van der Waals surface area contributed by atoms with Crippen LogP contribution in [-0.2, 0) is 18.9 Å². The third-order valence-electron chi connectivity index (χ3n) is 10.9. The summed E-state index contributed by atoms with van der Waals surface area (Å²) in [5.41, 5.74) is 11.8. The summed E-state index contributed by atoms with van der Waals surface area (Å²) in [6, 6.07) is 28.2. The molecule has 8 bridgehead atoms. The van der Waals surface area contributed by atoms with Gasteiger partial charge in [-0.25, -0.2) is 39.1 Å². The van der Waals surface area contributed by atoms with Crippen molar-refractivity contribution in [3.05, 3.63) is 213 Å². The van der Waals surface area contributed by atoms with Crippen molar-refractivity contribution in [3.8, 4) is 0 Å². The molecule has 0 fully saturated rings. The second kappa shape index (κ2) is 17.0. The monoisotopic (exact) mass is 844 g/mol. The average molecular weight is 845 g/mol. The standard InChI is InChI=1S/C52H36N4O8/c1-61-49(57)33-13-5-29(6-14-33)42-27-41-26-39-22-21-37(53-39)25-38-23-24-40(54-38)28-43-44(30-7-15-34(16-8-30)50(58)62-2)45(31-9-17-35(18-10-31)51(59)63-3)48(56-43)46(47(42)55-41)32-11-19-36(20-12-32)52(60)64-4/h5-28H,1-4H3. The van der Waals surface area contributed by atoms with Crippen molar-refractivity contribution in [3.63, 3.8) is 0 Å². The molecule has 312 valence electrons. The molecule has 5 aliphatic rings. The number of carbonyl (C=O) groups excluding carboxylic acids is 4. The molecule has 4 aromatic carbocycles. The molecule has 0 unspecified atom stereocenters. The first-order valence-electron chi connectivity index (χ1n) is 20.0. The molecule has 9 rings (SSSR count). The molecule has 12 heteroatoms. The third kappa shape index (κ3) is 7.75. The third-order valence-corrected chi connectivity index (χ3v) is 10.9. The number of nitrogens with zero attached hydrogens (tertiary/aromatic N) is 4. The Kier molecular flexibility index (Phi) is 10.8. The fourth-order valence-electron chi connectivity index (χ4n) is 7.77. The van der Waals surface area contributed by atoms with E-state index in [-0.39, 0.29) is 0 Å². The van der Waals surface area contributed by atoms with Crippen molar-refractivity contribution in [2.75, 3.05) is 28.4 Å². The normalized spacial score (nSPS) is 15.9. The van der Waals surface area contributed by atoms with Gasteiger partial charge in [0.2, 0.25) is 0 Å². The van der Waals surface area contributed by atoms with Gasteiger partial charge in [0.25, 0.3) is 0 Å². The number of aliphatic imine (C=N–C) groups is 4. The summed E-state index contributed by atoms with van der Waals surface area (Å²) in [6.07, 6.45) is 15.3. The maximum Gasteiger partial charge on any atom is 0.337 e. The van der Waals surface area contributed by atoms with Crippen LogP contribution in [0.4, 0.5) is 0 Å². The largest absolute Gasteiger partial charge is 0.465 e. The van der Waals surface area contributed by atoms with Gasteiger partial charge in [0.05, 0.1) is 96.3 Å². The number of rotatable bonds is 8. The Labute approximate surface area is 367 Å². The minimum absolute atomic E-state index is 0.339. The fraction of sp³-hybridized carbons (Fsp3) is 0.0769. The zero-order chi connectivity index (χ0) is 44.5. The number of hydrogen-bond acceptors (Lipinski definition) is 12. The van der Waals surface area contributed by atoms with Crippen molar-refractivity contribution in [2.45, 2.75) is 0 Å². The number of benzene rings is 4. The van der Waals surface area contributed by atoms with E-state index in [1.807, 2.05) is 97.1 Å². The molecule has 0 saturated heterocycles. The highest BCUT2D eigenvalue weighted by molar-refractivity contribution is 6.50. The highest BCUT2D eigenvalue weighted by Gasteiger charge is 2.33. The van der Waals surface area contributed by atoms with E-state index in [4.69, 9.17) is 38.9 Å². The number of allylic oxidation sites excluding steroid dienone is 12. The molecule has 0 atom stereocenters. The molecule has 5 aliphatic heterocycles. The van der Waals surface area contributed by atoms with Crippen LogP contribution in [0.1, 0.15) is 63.7 Å². The summed E-state index contributed by atoms with van der Waals surface area (Å²) in [5, 5.41) is 0. The molecule has 0 N–H and O–H groups in total. The predicted octanol–water partition coefficient (Wildman–Crippen LogP) is 8.83. The predicted molar refractivity (Wildman–Crippen MR) is 245 cm³/mol. The van der Waals surface area contributed by atoms with Crippen LogP contribution >= 0.6 is 0 Å². The number of esters is 4. The number of carbonyl (C=O) groups is 4. The zero-order valence-corrected chi connectivity index (χ0v) is 34.9. The molecule has 5 heterocycles. The Hall–Kier alpha value is -8.64. The van der Waals surface area contributed by atoms with E-state index in [1.165, 1.54) is 28.4 Å². The van der Waals surface area contributed by atoms with Gasteiger partial charge in [-0.2, -0.15) is 0 Å². The van der Waals surface area contributed by atoms with Gasteiger partial charge >= 0.3 is 23.9 Å². The summed E-state index contributed by atoms with van der Waals surface area (Å²) < 4.78 is 20.1. The van der Waals surface area contributed by atoms with E-state index >= 15 is 0 Å². The van der Waals surface area contributed by atoms with E-state index < -0.39 is 23.9 Å². The van der Waals surface area contributed by atoms with E-state index in [2.05, 4.69) is 0 Å². The molecule has 0 aromatic heterocycles. The number of ether oxygens (including phenoxy) is 4. The number of methoxy groups -OCH3 is 4. The van der Waals surface area contributed by atoms with Crippen LogP contribution < -0.4 is 0 Å². The SMILES string of the molecule is COC(=O)c1ccc(C2=CC3=CC4=NC(=CC5=NC(=CC6=NC(=C(c7ccc(C(=O)OC)cc7)C2=N3)C(c2ccc(C(=O)OC)cc2)=C6c2ccc(C(=O)OC)cc2)C=C5)C=C4)cc1. The first-order chi connectivity index (χ1) is 31.1. The van der Waals surface area contributed by atoms with Crippen LogP contribution in [0.3, 0.4) is 0 Å². The summed E-state index contributed by atoms with van der Waals surface area (Å²) >= 11 is 0. The van der Waals surface area contributed by atoms with Crippen LogP contribution in [-0.4, -0.2) is 75.2 Å². The second-order valence-electron chi connectivity index (χ2n) is 14.7. The van der Waals surface area contributed by atoms with Crippen molar-refractivity contribution in [1.82, 2.24) is 0 Å². The first-order valence-corrected chi connectivity index (χ1v) is 20.0. The minimum Gasteiger partial charge on any atom is -0.465 e. The molecule has 0 radical (unpaired) electrons. The van der Waals surface area contributed by atoms with Gasteiger partial charge < -0.3 is 18.9 Å². The maximum atomic E-state index is 12.8. The lowest BCUT2D eigenvalue weighted by Gasteiger charge is -2.18. The number of hydrogen-bond donors (Lipinski definition) is 0. The van der Waals surface area contributed by atoms with Crippen LogP contribution in [0, 0.1) is 0 Å². The van der Waals surface area contributed by atoms with E-state index in [0.29, 0.717) is 101 Å². The molecule has 4 aromatic rings. The lowest BCUT2D eigenvalue weighted by Crippen LogP contribution is -2.08. The van der Waals surface area contributed by atoms with E-state index in [0.717, 1.165) is 11.1 Å². The highest BCUT2D eigenvalue weighted by Crippen LogP contribution is 2.46. The zero-order valence-electron chi connectivity index (χ0n) is 34.9. The summed E-state index contributed by atoms with van der Waals surface area (Å²) in [5.74, 6) is -1.96. The highest BCUT2D eigenvalue weighted by atomic mass is 16.5. The van der Waals surface area contributed by atoms with Crippen molar-refractivity contribution in [2.24, 2.45) is 20.0 Å². The topological polar surface area (TPSA) is 155 Å². The van der Waals surface area contributed by atoms with Crippen molar-refractivity contribution >= 4 is 69.0 Å². The van der Waals surface area contributed by atoms with Gasteiger partial charge in [0.15, 0.2) is 0 Å². The second-order valence-corrected chi connectivity index (χ2v) is 14.7. The quantitative estimate of drug-likeness (QED) is 0.126. The van der Waals surface area contributed by atoms with E-state index in [1.54, 1.807) is 48.5 Å². The van der Waals surface area contributed by atoms with Crippen LogP contribution in [0.2, 0.25) is 0 Å². The lowest BCUT2D eigenvalue weighted by atomic mass is 9.85. The van der Waals surface area contributed by atoms with Crippen LogP contribution in [0.5, 0.6) is 0 Å². The molecular formula is C52H36N4O8. The summed E-state index contributed by atoms with van der Waals surface area (Å²) in [7, 11) is 5.32. The molecule has 0 amide bonds. The lowest BCUT2D eigenvalue weighted by molar-refractivity contribution is 0.0592. The Morgan fingerprint density at radius 3 is 1.22 bits per heavy atom.